The van der Waals surface area contributed by atoms with E-state index < -0.39 is 12.2 Å². The molecule has 0 aromatic heterocycles. The van der Waals surface area contributed by atoms with E-state index in [-0.39, 0.29) is 11.7 Å². The summed E-state index contributed by atoms with van der Waals surface area (Å²) in [5, 5.41) is 9.35. The number of ketones is 1. The predicted molar refractivity (Wildman–Crippen MR) is 54.4 cm³/mol. The van der Waals surface area contributed by atoms with Crippen LogP contribution >= 0.6 is 11.9 Å². The molecular weight excluding hydrogens is 187 g/mol. The summed E-state index contributed by atoms with van der Waals surface area (Å²) < 4.78 is 5.04. The summed E-state index contributed by atoms with van der Waals surface area (Å²) >= 11 is 0.687. The number of hydrogen-bond donors (Lipinski definition) is 1. The van der Waals surface area contributed by atoms with E-state index in [1.165, 1.54) is 6.92 Å². The Morgan fingerprint density at radius 2 is 2.23 bits per heavy atom. The van der Waals surface area contributed by atoms with Gasteiger partial charge < -0.3 is 9.29 Å². The van der Waals surface area contributed by atoms with Crippen molar-refractivity contribution in [3.63, 3.8) is 0 Å². The summed E-state index contributed by atoms with van der Waals surface area (Å²) in [7, 11) is 5.13. The van der Waals surface area contributed by atoms with Crippen LogP contribution in [0.4, 0.5) is 0 Å². The van der Waals surface area contributed by atoms with E-state index in [0.29, 0.717) is 18.3 Å². The lowest BCUT2D eigenvalue weighted by molar-refractivity contribution is -0.125. The number of aliphatic hydroxyl groups excluding tert-OH is 1. The minimum atomic E-state index is -0.690. The molecule has 2 radical (unpaired) electrons. The van der Waals surface area contributed by atoms with E-state index in [4.69, 9.17) is 11.3 Å². The Labute approximate surface area is 84.7 Å². The van der Waals surface area contributed by atoms with Gasteiger partial charge in [0.05, 0.1) is 6.10 Å². The molecule has 0 aromatic carbocycles. The fraction of sp³-hybridized carbons (Fsp3) is 0.875. The van der Waals surface area contributed by atoms with E-state index >= 15 is 0 Å². The average Bonchev–Trinajstić information content (AvgIpc) is 2.03. The molecule has 0 saturated heterocycles. The van der Waals surface area contributed by atoms with Gasteiger partial charge in [0.25, 0.3) is 0 Å². The summed E-state index contributed by atoms with van der Waals surface area (Å²) in [6.07, 6.45) is -0.562. The maximum atomic E-state index is 11.2. The lowest BCUT2D eigenvalue weighted by Crippen LogP contribution is -2.36. The lowest BCUT2D eigenvalue weighted by Gasteiger charge is -2.25. The highest BCUT2D eigenvalue weighted by molar-refractivity contribution is 8.15. The molecule has 0 aromatic rings. The zero-order chi connectivity index (χ0) is 10.4. The number of Topliss-reactive ketones (excluding diaryl/α,β-unsaturated/α-hetero) is 1. The van der Waals surface area contributed by atoms with Gasteiger partial charge in [0, 0.05) is 5.92 Å². The molecule has 74 valence electrons. The van der Waals surface area contributed by atoms with E-state index in [2.05, 4.69) is 0 Å². The van der Waals surface area contributed by atoms with Gasteiger partial charge in [-0.25, -0.2) is 0 Å². The number of carbonyl (C=O) groups is 1. The molecule has 0 fully saturated rings. The highest BCUT2D eigenvalue weighted by atomic mass is 32.2. The van der Waals surface area contributed by atoms with Crippen molar-refractivity contribution in [3.8, 4) is 0 Å². The molecule has 13 heavy (non-hydrogen) atoms. The van der Waals surface area contributed by atoms with Crippen molar-refractivity contribution in [1.29, 1.82) is 0 Å². The normalized spacial score (nSPS) is 17.8. The van der Waals surface area contributed by atoms with Crippen molar-refractivity contribution in [1.82, 2.24) is 0 Å². The summed E-state index contributed by atoms with van der Waals surface area (Å²) in [5.41, 5.74) is 0. The molecule has 3 unspecified atom stereocenters. The Balaban J connectivity index is 4.38. The Morgan fingerprint density at radius 3 is 2.46 bits per heavy atom. The van der Waals surface area contributed by atoms with Gasteiger partial charge in [0.1, 0.15) is 11.9 Å². The summed E-state index contributed by atoms with van der Waals surface area (Å²) in [4.78, 5) is 11.2. The van der Waals surface area contributed by atoms with Gasteiger partial charge in [-0.2, -0.15) is 0 Å². The van der Waals surface area contributed by atoms with Crippen molar-refractivity contribution in [3.05, 3.63) is 0 Å². The second kappa shape index (κ2) is 6.46. The van der Waals surface area contributed by atoms with Crippen molar-refractivity contribution in [2.24, 2.45) is 5.92 Å². The van der Waals surface area contributed by atoms with Gasteiger partial charge in [0.15, 0.2) is 0 Å². The Bertz CT molecular complexity index is 163. The third kappa shape index (κ3) is 4.16. The molecule has 0 rings (SSSR count). The molecule has 0 aliphatic rings. The first-order valence-corrected chi connectivity index (χ1v) is 5.05. The zero-order valence-electron chi connectivity index (χ0n) is 8.19. The molecule has 0 amide bonds. The summed E-state index contributed by atoms with van der Waals surface area (Å²) in [5.74, 6) is -0.265. The molecule has 0 bridgehead atoms. The van der Waals surface area contributed by atoms with Crippen LogP contribution in [-0.4, -0.2) is 30.2 Å². The highest BCUT2D eigenvalue weighted by Crippen LogP contribution is 2.20. The molecule has 3 nitrogen and oxygen atoms in total. The zero-order valence-corrected chi connectivity index (χ0v) is 9.00. The Hall–Kier alpha value is 0.00494. The third-order valence-electron chi connectivity index (χ3n) is 2.00. The van der Waals surface area contributed by atoms with E-state index in [9.17, 15) is 9.90 Å². The maximum absolute atomic E-state index is 11.2. The molecule has 5 heteroatoms. The second-order valence-corrected chi connectivity index (χ2v) is 3.41. The quantitative estimate of drug-likeness (QED) is 0.517. The smallest absolute Gasteiger partial charge is 0.203 e. The molecule has 3 atom stereocenters. The van der Waals surface area contributed by atoms with E-state index in [1.807, 2.05) is 6.92 Å². The van der Waals surface area contributed by atoms with Crippen LogP contribution in [0.2, 0.25) is 0 Å². The largest absolute Gasteiger partial charge is 0.391 e. The SMILES string of the molecule is [B]SOC(C(C)O)C(CC)C(C)=O. The fourth-order valence-electron chi connectivity index (χ4n) is 1.30. The van der Waals surface area contributed by atoms with Crippen molar-refractivity contribution < 1.29 is 14.1 Å². The van der Waals surface area contributed by atoms with Gasteiger partial charge in [-0.3, -0.25) is 4.79 Å². The average molecular weight is 202 g/mol. The number of aliphatic hydroxyl groups is 1. The molecule has 1 N–H and O–H groups in total. The minimum Gasteiger partial charge on any atom is -0.391 e. The number of hydrogen-bond acceptors (Lipinski definition) is 4. The first-order valence-electron chi connectivity index (χ1n) is 4.25. The third-order valence-corrected chi connectivity index (χ3v) is 2.33. The number of carbonyl (C=O) groups excluding carboxylic acids is 1. The highest BCUT2D eigenvalue weighted by Gasteiger charge is 2.28. The molecule has 0 saturated carbocycles. The standard InChI is InChI=1S/C8H15BO3S/c1-4-7(5(2)10)8(6(3)11)12-13-9/h6-8,11H,4H2,1-3H3. The fourth-order valence-corrected chi connectivity index (χ4v) is 1.72. The van der Waals surface area contributed by atoms with E-state index in [0.717, 1.165) is 0 Å². The number of rotatable bonds is 6. The second-order valence-electron chi connectivity index (χ2n) is 3.02. The van der Waals surface area contributed by atoms with Crippen molar-refractivity contribution >= 4 is 24.8 Å². The Morgan fingerprint density at radius 1 is 1.69 bits per heavy atom. The Kier molecular flexibility index (Phi) is 6.46. The summed E-state index contributed by atoms with van der Waals surface area (Å²) in [6, 6.07) is 0. The summed E-state index contributed by atoms with van der Waals surface area (Å²) in [6.45, 7) is 4.96. The minimum absolute atomic E-state index is 0.0162. The topological polar surface area (TPSA) is 46.5 Å². The van der Waals surface area contributed by atoms with Gasteiger partial charge in [-0.05, 0) is 20.3 Å². The van der Waals surface area contributed by atoms with Crippen LogP contribution < -0.4 is 0 Å². The van der Waals surface area contributed by atoms with Crippen LogP contribution in [0.15, 0.2) is 0 Å². The van der Waals surface area contributed by atoms with Crippen LogP contribution in [0, 0.1) is 5.92 Å². The molecule has 0 aliphatic carbocycles. The van der Waals surface area contributed by atoms with Crippen LogP contribution in [-0.2, 0) is 8.98 Å². The lowest BCUT2D eigenvalue weighted by atomic mass is 9.92. The van der Waals surface area contributed by atoms with Crippen LogP contribution in [0.5, 0.6) is 0 Å². The van der Waals surface area contributed by atoms with Crippen molar-refractivity contribution in [2.75, 3.05) is 0 Å². The van der Waals surface area contributed by atoms with Gasteiger partial charge in [-0.15, -0.1) is 0 Å². The maximum Gasteiger partial charge on any atom is 0.203 e. The molecule has 0 heterocycles. The van der Waals surface area contributed by atoms with Crippen LogP contribution in [0.25, 0.3) is 0 Å². The van der Waals surface area contributed by atoms with Gasteiger partial charge in [0.2, 0.25) is 7.12 Å². The molecular formula is C8H15BO3S. The monoisotopic (exact) mass is 202 g/mol. The van der Waals surface area contributed by atoms with Gasteiger partial charge in [-0.1, -0.05) is 18.8 Å². The first kappa shape index (κ1) is 13.0. The van der Waals surface area contributed by atoms with E-state index in [1.54, 1.807) is 6.92 Å². The van der Waals surface area contributed by atoms with Gasteiger partial charge >= 0.3 is 0 Å². The van der Waals surface area contributed by atoms with Crippen molar-refractivity contribution in [2.45, 2.75) is 39.4 Å². The van der Waals surface area contributed by atoms with Crippen LogP contribution in [0.3, 0.4) is 0 Å². The van der Waals surface area contributed by atoms with Crippen LogP contribution in [0.1, 0.15) is 27.2 Å². The predicted octanol–water partition coefficient (Wildman–Crippen LogP) is 1.10. The molecule has 0 spiro atoms. The molecule has 0 aliphatic heterocycles. The first-order chi connectivity index (χ1) is 6.04.